The van der Waals surface area contributed by atoms with Gasteiger partial charge in [0, 0.05) is 12.7 Å². The van der Waals surface area contributed by atoms with E-state index in [0.717, 1.165) is 0 Å². The van der Waals surface area contributed by atoms with E-state index >= 15 is 0 Å². The van der Waals surface area contributed by atoms with Crippen molar-refractivity contribution in [3.8, 4) is 0 Å². The van der Waals surface area contributed by atoms with E-state index in [0.29, 0.717) is 12.4 Å². The van der Waals surface area contributed by atoms with Crippen LogP contribution < -0.4 is 16.4 Å². The summed E-state index contributed by atoms with van der Waals surface area (Å²) in [4.78, 5) is 31.5. The Morgan fingerprint density at radius 2 is 1.90 bits per heavy atom. The number of anilines is 1. The first kappa shape index (κ1) is 16.1. The molecule has 0 radical (unpaired) electrons. The second-order valence-electron chi connectivity index (χ2n) is 3.89. The first-order valence-corrected chi connectivity index (χ1v) is 6.23. The molecule has 0 atom stereocenters. The predicted molar refractivity (Wildman–Crippen MR) is 73.0 cm³/mol. The van der Waals surface area contributed by atoms with Crippen molar-refractivity contribution in [1.29, 1.82) is 0 Å². The van der Waals surface area contributed by atoms with Crippen molar-refractivity contribution >= 4 is 29.2 Å². The van der Waals surface area contributed by atoms with Crippen LogP contribution >= 0.6 is 11.6 Å². The lowest BCUT2D eigenvalue weighted by atomic mass is 10.4. The molecule has 0 saturated heterocycles. The minimum absolute atomic E-state index is 0.170. The molecule has 1 aromatic heterocycles. The highest BCUT2D eigenvalue weighted by Crippen LogP contribution is 2.16. The number of hydrogen-bond donors (Lipinski definition) is 2. The zero-order valence-corrected chi connectivity index (χ0v) is 11.8. The lowest BCUT2D eigenvalue weighted by Crippen LogP contribution is -2.40. The van der Waals surface area contributed by atoms with Gasteiger partial charge in [0.05, 0.1) is 13.1 Å². The molecular formula is C11H16ClN5O3. The summed E-state index contributed by atoms with van der Waals surface area (Å²) in [6, 6.07) is 1.42. The highest BCUT2D eigenvalue weighted by molar-refractivity contribution is 6.29. The van der Waals surface area contributed by atoms with Crippen LogP contribution in [0.2, 0.25) is 5.15 Å². The third-order valence-corrected chi connectivity index (χ3v) is 2.37. The SMILES string of the molecule is CCOCc1nc(Cl)cc(N(CC(N)=O)CC(N)=O)n1. The molecule has 0 aliphatic rings. The van der Waals surface area contributed by atoms with Gasteiger partial charge in [0.1, 0.15) is 17.6 Å². The van der Waals surface area contributed by atoms with Crippen LogP contribution in [0.5, 0.6) is 0 Å². The molecule has 0 aliphatic carbocycles. The summed E-state index contributed by atoms with van der Waals surface area (Å²) in [6.45, 7) is 2.09. The standard InChI is InChI=1S/C11H16ClN5O3/c1-2-20-6-10-15-7(12)3-11(16-10)17(4-8(13)18)5-9(14)19/h3H,2,4-6H2,1H3,(H2,13,18)(H2,14,19). The van der Waals surface area contributed by atoms with Gasteiger partial charge < -0.3 is 21.1 Å². The van der Waals surface area contributed by atoms with Crippen LogP contribution in [0.25, 0.3) is 0 Å². The molecule has 2 amide bonds. The van der Waals surface area contributed by atoms with Crippen LogP contribution in [-0.2, 0) is 20.9 Å². The Balaban J connectivity index is 3.01. The quantitative estimate of drug-likeness (QED) is 0.620. The number of amides is 2. The number of nitrogens with zero attached hydrogens (tertiary/aromatic N) is 3. The van der Waals surface area contributed by atoms with Gasteiger partial charge in [-0.3, -0.25) is 9.59 Å². The maximum Gasteiger partial charge on any atom is 0.237 e. The molecule has 20 heavy (non-hydrogen) atoms. The minimum atomic E-state index is -0.618. The second-order valence-corrected chi connectivity index (χ2v) is 4.28. The van der Waals surface area contributed by atoms with Crippen LogP contribution in [0.15, 0.2) is 6.07 Å². The summed E-state index contributed by atoms with van der Waals surface area (Å²) in [6.07, 6.45) is 0. The first-order chi connectivity index (χ1) is 9.42. The molecule has 0 unspecified atom stereocenters. The summed E-state index contributed by atoms with van der Waals surface area (Å²) >= 11 is 5.88. The molecule has 8 nitrogen and oxygen atoms in total. The van der Waals surface area contributed by atoms with E-state index in [9.17, 15) is 9.59 Å². The maximum absolute atomic E-state index is 11.0. The molecule has 1 aromatic rings. The molecular weight excluding hydrogens is 286 g/mol. The number of hydrogen-bond acceptors (Lipinski definition) is 6. The van der Waals surface area contributed by atoms with Gasteiger partial charge in [-0.25, -0.2) is 9.97 Å². The fourth-order valence-corrected chi connectivity index (χ4v) is 1.66. The van der Waals surface area contributed by atoms with Gasteiger partial charge in [0.25, 0.3) is 0 Å². The Morgan fingerprint density at radius 3 is 2.40 bits per heavy atom. The average molecular weight is 302 g/mol. The normalized spacial score (nSPS) is 10.3. The van der Waals surface area contributed by atoms with Crippen molar-refractivity contribution in [3.05, 3.63) is 17.0 Å². The van der Waals surface area contributed by atoms with E-state index in [1.54, 1.807) is 0 Å². The highest BCUT2D eigenvalue weighted by atomic mass is 35.5. The number of halogens is 1. The van der Waals surface area contributed by atoms with Crippen LogP contribution in [0.1, 0.15) is 12.7 Å². The van der Waals surface area contributed by atoms with Crippen LogP contribution in [0.4, 0.5) is 5.82 Å². The smallest absolute Gasteiger partial charge is 0.237 e. The van der Waals surface area contributed by atoms with Crippen molar-refractivity contribution in [3.63, 3.8) is 0 Å². The zero-order chi connectivity index (χ0) is 15.1. The van der Waals surface area contributed by atoms with E-state index in [1.165, 1.54) is 11.0 Å². The average Bonchev–Trinajstić information content (AvgIpc) is 2.33. The van der Waals surface area contributed by atoms with E-state index in [2.05, 4.69) is 9.97 Å². The van der Waals surface area contributed by atoms with Gasteiger partial charge in [-0.05, 0) is 6.92 Å². The number of aromatic nitrogens is 2. The van der Waals surface area contributed by atoms with Crippen molar-refractivity contribution < 1.29 is 14.3 Å². The van der Waals surface area contributed by atoms with Crippen molar-refractivity contribution in [2.75, 3.05) is 24.6 Å². The molecule has 0 spiro atoms. The summed E-state index contributed by atoms with van der Waals surface area (Å²) in [7, 11) is 0. The highest BCUT2D eigenvalue weighted by Gasteiger charge is 2.15. The predicted octanol–water partition coefficient (Wildman–Crippen LogP) is -0.556. The van der Waals surface area contributed by atoms with Crippen molar-refractivity contribution in [2.24, 2.45) is 11.5 Å². The van der Waals surface area contributed by atoms with Crippen LogP contribution in [-0.4, -0.2) is 41.5 Å². The Kier molecular flexibility index (Phi) is 6.13. The lowest BCUT2D eigenvalue weighted by Gasteiger charge is -2.21. The molecule has 0 fully saturated rings. The minimum Gasteiger partial charge on any atom is -0.374 e. The number of rotatable bonds is 8. The van der Waals surface area contributed by atoms with Crippen LogP contribution in [0.3, 0.4) is 0 Å². The Hall–Kier alpha value is -1.93. The maximum atomic E-state index is 11.0. The number of nitrogens with two attached hydrogens (primary N) is 2. The Labute approximate surface area is 121 Å². The first-order valence-electron chi connectivity index (χ1n) is 5.85. The molecule has 0 bridgehead atoms. The van der Waals surface area contributed by atoms with Crippen molar-refractivity contribution in [1.82, 2.24) is 9.97 Å². The third kappa shape index (κ3) is 5.37. The van der Waals surface area contributed by atoms with Gasteiger partial charge in [-0.15, -0.1) is 0 Å². The van der Waals surface area contributed by atoms with Gasteiger partial charge in [-0.1, -0.05) is 11.6 Å². The van der Waals surface area contributed by atoms with E-state index in [4.69, 9.17) is 27.8 Å². The summed E-state index contributed by atoms with van der Waals surface area (Å²) in [5.74, 6) is -0.606. The van der Waals surface area contributed by atoms with Crippen molar-refractivity contribution in [2.45, 2.75) is 13.5 Å². The monoisotopic (exact) mass is 301 g/mol. The van der Waals surface area contributed by atoms with Crippen LogP contribution in [0, 0.1) is 0 Å². The van der Waals surface area contributed by atoms with Gasteiger partial charge in [-0.2, -0.15) is 0 Å². The van der Waals surface area contributed by atoms with Gasteiger partial charge in [0.2, 0.25) is 11.8 Å². The third-order valence-electron chi connectivity index (χ3n) is 2.18. The molecule has 1 rings (SSSR count). The second kappa shape index (κ2) is 7.61. The molecule has 4 N–H and O–H groups in total. The van der Waals surface area contributed by atoms with E-state index in [-0.39, 0.29) is 30.7 Å². The molecule has 0 aromatic carbocycles. The zero-order valence-electron chi connectivity index (χ0n) is 11.0. The number of ether oxygens (including phenoxy) is 1. The van der Waals surface area contributed by atoms with E-state index in [1.807, 2.05) is 6.92 Å². The molecule has 110 valence electrons. The number of carbonyl (C=O) groups excluding carboxylic acids is 2. The topological polar surface area (TPSA) is 124 Å². The fourth-order valence-electron chi connectivity index (χ4n) is 1.47. The molecule has 1 heterocycles. The number of carbonyl (C=O) groups is 2. The molecule has 0 saturated carbocycles. The summed E-state index contributed by atoms with van der Waals surface area (Å²) in [5, 5.41) is 0.170. The lowest BCUT2D eigenvalue weighted by molar-refractivity contribution is -0.117. The Morgan fingerprint density at radius 1 is 1.30 bits per heavy atom. The summed E-state index contributed by atoms with van der Waals surface area (Å²) in [5.41, 5.74) is 10.3. The molecule has 9 heteroatoms. The van der Waals surface area contributed by atoms with E-state index < -0.39 is 11.8 Å². The Bertz CT molecular complexity index is 481. The largest absolute Gasteiger partial charge is 0.374 e. The summed E-state index contributed by atoms with van der Waals surface area (Å²) < 4.78 is 5.19. The fraction of sp³-hybridized carbons (Fsp3) is 0.455. The van der Waals surface area contributed by atoms with Gasteiger partial charge in [0.15, 0.2) is 5.82 Å². The molecule has 0 aliphatic heterocycles. The number of primary amides is 2. The van der Waals surface area contributed by atoms with Gasteiger partial charge >= 0.3 is 0 Å².